The number of rotatable bonds is 7. The van der Waals surface area contributed by atoms with Crippen molar-refractivity contribution in [2.24, 2.45) is 0 Å². The van der Waals surface area contributed by atoms with Crippen LogP contribution in [0.15, 0.2) is 12.3 Å². The van der Waals surface area contributed by atoms with E-state index in [0.29, 0.717) is 13.0 Å². The van der Waals surface area contributed by atoms with Crippen molar-refractivity contribution in [2.45, 2.75) is 52.5 Å². The normalized spacial score (nSPS) is 11.1. The first kappa shape index (κ1) is 14.5. The molecule has 2 aromatic rings. The highest BCUT2D eigenvalue weighted by atomic mass is 16.4. The molecule has 0 saturated carbocycles. The largest absolute Gasteiger partial charge is 0.481 e. The van der Waals surface area contributed by atoms with Crippen LogP contribution in [-0.2, 0) is 17.8 Å². The number of imidazole rings is 1. The molecule has 0 aromatic carbocycles. The summed E-state index contributed by atoms with van der Waals surface area (Å²) < 4.78 is 2.08. The van der Waals surface area contributed by atoms with E-state index in [0.717, 1.165) is 41.8 Å². The van der Waals surface area contributed by atoms with Crippen LogP contribution in [0.3, 0.4) is 0 Å². The van der Waals surface area contributed by atoms with Crippen LogP contribution in [-0.4, -0.2) is 25.6 Å². The molecule has 5 heteroatoms. The zero-order chi connectivity index (χ0) is 14.5. The van der Waals surface area contributed by atoms with Crippen molar-refractivity contribution in [3.8, 4) is 0 Å². The molecule has 0 spiro atoms. The molecule has 0 saturated heterocycles. The molecule has 0 aliphatic heterocycles. The van der Waals surface area contributed by atoms with Gasteiger partial charge in [0.25, 0.3) is 0 Å². The first-order valence-corrected chi connectivity index (χ1v) is 7.15. The second-order valence-corrected chi connectivity index (χ2v) is 5.14. The molecular formula is C15H21N3O2. The van der Waals surface area contributed by atoms with Gasteiger partial charge in [-0.1, -0.05) is 13.3 Å². The van der Waals surface area contributed by atoms with Crippen molar-refractivity contribution in [3.05, 3.63) is 23.7 Å². The molecule has 2 heterocycles. The predicted octanol–water partition coefficient (Wildman–Crippen LogP) is 2.95. The Labute approximate surface area is 118 Å². The van der Waals surface area contributed by atoms with Gasteiger partial charge in [0, 0.05) is 25.6 Å². The highest BCUT2D eigenvalue weighted by Gasteiger charge is 2.12. The Morgan fingerprint density at radius 2 is 2.20 bits per heavy atom. The Balaban J connectivity index is 2.28. The van der Waals surface area contributed by atoms with Gasteiger partial charge in [-0.3, -0.25) is 4.79 Å². The summed E-state index contributed by atoms with van der Waals surface area (Å²) in [5.41, 5.74) is 2.87. The third-order valence-electron chi connectivity index (χ3n) is 3.33. The molecule has 0 unspecified atom stereocenters. The number of pyridine rings is 1. The van der Waals surface area contributed by atoms with Crippen LogP contribution in [0.5, 0.6) is 0 Å². The SMILES string of the molecule is CCCCc1nc2cc(C)cnc2n1CCCC(=O)O. The van der Waals surface area contributed by atoms with E-state index in [1.807, 2.05) is 19.2 Å². The average molecular weight is 275 g/mol. The van der Waals surface area contributed by atoms with Crippen LogP contribution >= 0.6 is 0 Å². The number of carbonyl (C=O) groups is 1. The van der Waals surface area contributed by atoms with Gasteiger partial charge in [0.1, 0.15) is 11.3 Å². The number of aryl methyl sites for hydroxylation is 3. The number of hydrogen-bond acceptors (Lipinski definition) is 3. The van der Waals surface area contributed by atoms with Crippen molar-refractivity contribution in [1.29, 1.82) is 0 Å². The molecular weight excluding hydrogens is 254 g/mol. The lowest BCUT2D eigenvalue weighted by molar-refractivity contribution is -0.137. The summed E-state index contributed by atoms with van der Waals surface area (Å²) in [7, 11) is 0. The molecule has 0 atom stereocenters. The van der Waals surface area contributed by atoms with Crippen molar-refractivity contribution in [2.75, 3.05) is 0 Å². The van der Waals surface area contributed by atoms with Gasteiger partial charge < -0.3 is 9.67 Å². The van der Waals surface area contributed by atoms with Gasteiger partial charge >= 0.3 is 5.97 Å². The summed E-state index contributed by atoms with van der Waals surface area (Å²) in [5, 5.41) is 8.76. The second kappa shape index (κ2) is 6.50. The Hall–Kier alpha value is -1.91. The zero-order valence-corrected chi connectivity index (χ0v) is 12.1. The van der Waals surface area contributed by atoms with E-state index >= 15 is 0 Å². The van der Waals surface area contributed by atoms with Gasteiger partial charge in [0.15, 0.2) is 5.65 Å². The van der Waals surface area contributed by atoms with Gasteiger partial charge in [-0.05, 0) is 31.4 Å². The van der Waals surface area contributed by atoms with Gasteiger partial charge in [-0.25, -0.2) is 9.97 Å². The van der Waals surface area contributed by atoms with Gasteiger partial charge in [0.2, 0.25) is 0 Å². The van der Waals surface area contributed by atoms with Crippen molar-refractivity contribution < 1.29 is 9.90 Å². The predicted molar refractivity (Wildman–Crippen MR) is 77.7 cm³/mol. The first-order valence-electron chi connectivity index (χ1n) is 7.15. The number of aliphatic carboxylic acids is 1. The van der Waals surface area contributed by atoms with E-state index in [1.54, 1.807) is 0 Å². The maximum Gasteiger partial charge on any atom is 0.303 e. The summed E-state index contributed by atoms with van der Waals surface area (Å²) in [5.74, 6) is 0.263. The summed E-state index contributed by atoms with van der Waals surface area (Å²) in [6.07, 6.45) is 5.74. The zero-order valence-electron chi connectivity index (χ0n) is 12.1. The molecule has 1 N–H and O–H groups in total. The summed E-state index contributed by atoms with van der Waals surface area (Å²) in [6, 6.07) is 2.03. The number of fused-ring (bicyclic) bond motifs is 1. The molecule has 2 rings (SSSR count). The van der Waals surface area contributed by atoms with E-state index < -0.39 is 5.97 Å². The van der Waals surface area contributed by atoms with Crippen LogP contribution in [0.4, 0.5) is 0 Å². The lowest BCUT2D eigenvalue weighted by Gasteiger charge is -2.07. The van der Waals surface area contributed by atoms with Gasteiger partial charge in [-0.2, -0.15) is 0 Å². The molecule has 0 fully saturated rings. The summed E-state index contributed by atoms with van der Waals surface area (Å²) in [6.45, 7) is 4.82. The summed E-state index contributed by atoms with van der Waals surface area (Å²) in [4.78, 5) is 19.8. The average Bonchev–Trinajstić information content (AvgIpc) is 2.73. The van der Waals surface area contributed by atoms with E-state index in [9.17, 15) is 4.79 Å². The molecule has 0 radical (unpaired) electrons. The van der Waals surface area contributed by atoms with E-state index in [4.69, 9.17) is 5.11 Å². The molecule has 108 valence electrons. The molecule has 2 aromatic heterocycles. The maximum absolute atomic E-state index is 10.7. The lowest BCUT2D eigenvalue weighted by Crippen LogP contribution is -2.07. The fourth-order valence-electron chi connectivity index (χ4n) is 2.31. The van der Waals surface area contributed by atoms with E-state index in [1.165, 1.54) is 0 Å². The van der Waals surface area contributed by atoms with Crippen molar-refractivity contribution in [3.63, 3.8) is 0 Å². The van der Waals surface area contributed by atoms with Crippen LogP contribution < -0.4 is 0 Å². The minimum atomic E-state index is -0.756. The minimum Gasteiger partial charge on any atom is -0.481 e. The van der Waals surface area contributed by atoms with Crippen molar-refractivity contribution >= 4 is 17.1 Å². The summed E-state index contributed by atoms with van der Waals surface area (Å²) >= 11 is 0. The number of carboxylic acid groups (broad SMARTS) is 1. The number of aromatic nitrogens is 3. The van der Waals surface area contributed by atoms with Gasteiger partial charge in [0.05, 0.1) is 0 Å². The van der Waals surface area contributed by atoms with Crippen molar-refractivity contribution in [1.82, 2.24) is 14.5 Å². The first-order chi connectivity index (χ1) is 9.61. The quantitative estimate of drug-likeness (QED) is 0.843. The highest BCUT2D eigenvalue weighted by Crippen LogP contribution is 2.17. The molecule has 0 aliphatic rings. The fraction of sp³-hybridized carbons (Fsp3) is 0.533. The van der Waals surface area contributed by atoms with E-state index in [2.05, 4.69) is 21.5 Å². The molecule has 0 bridgehead atoms. The van der Waals surface area contributed by atoms with Crippen LogP contribution in [0, 0.1) is 6.92 Å². The third-order valence-corrected chi connectivity index (χ3v) is 3.33. The minimum absolute atomic E-state index is 0.179. The smallest absolute Gasteiger partial charge is 0.303 e. The Morgan fingerprint density at radius 1 is 1.40 bits per heavy atom. The molecule has 20 heavy (non-hydrogen) atoms. The molecule has 0 aliphatic carbocycles. The van der Waals surface area contributed by atoms with Crippen LogP contribution in [0.25, 0.3) is 11.2 Å². The monoisotopic (exact) mass is 275 g/mol. The molecule has 0 amide bonds. The second-order valence-electron chi connectivity index (χ2n) is 5.14. The van der Waals surface area contributed by atoms with Crippen LogP contribution in [0.1, 0.15) is 44.0 Å². The number of nitrogens with zero attached hydrogens (tertiary/aromatic N) is 3. The lowest BCUT2D eigenvalue weighted by atomic mass is 10.2. The highest BCUT2D eigenvalue weighted by molar-refractivity contribution is 5.72. The third kappa shape index (κ3) is 3.35. The Morgan fingerprint density at radius 3 is 2.90 bits per heavy atom. The maximum atomic E-state index is 10.7. The Bertz CT molecular complexity index is 604. The topological polar surface area (TPSA) is 68.0 Å². The van der Waals surface area contributed by atoms with Crippen LogP contribution in [0.2, 0.25) is 0 Å². The molecule has 5 nitrogen and oxygen atoms in total. The standard InChI is InChI=1S/C15H21N3O2/c1-3-4-6-13-17-12-9-11(2)10-16-15(12)18(13)8-5-7-14(19)20/h9-10H,3-8H2,1-2H3,(H,19,20). The number of hydrogen-bond donors (Lipinski definition) is 1. The number of carboxylic acids is 1. The van der Waals surface area contributed by atoms with Gasteiger partial charge in [-0.15, -0.1) is 0 Å². The Kier molecular flexibility index (Phi) is 4.71. The number of unbranched alkanes of at least 4 members (excludes halogenated alkanes) is 1. The van der Waals surface area contributed by atoms with E-state index in [-0.39, 0.29) is 6.42 Å². The fourth-order valence-corrected chi connectivity index (χ4v) is 2.31.